The second-order valence-electron chi connectivity index (χ2n) is 6.79. The average Bonchev–Trinajstić information content (AvgIpc) is 2.53. The Hall–Kier alpha value is -1.75. The van der Waals surface area contributed by atoms with Crippen molar-refractivity contribution in [3.63, 3.8) is 0 Å². The van der Waals surface area contributed by atoms with Crippen LogP contribution in [0.25, 0.3) is 0 Å². The molecule has 2 rings (SSSR count). The Morgan fingerprint density at radius 1 is 1.39 bits per heavy atom. The van der Waals surface area contributed by atoms with E-state index in [4.69, 9.17) is 9.47 Å². The Labute approximate surface area is 139 Å². The van der Waals surface area contributed by atoms with Gasteiger partial charge in [-0.2, -0.15) is 0 Å². The summed E-state index contributed by atoms with van der Waals surface area (Å²) in [5.74, 6) is 0.915. The number of nitrogens with one attached hydrogen (secondary N) is 1. The van der Waals surface area contributed by atoms with Crippen molar-refractivity contribution in [3.8, 4) is 5.75 Å². The Morgan fingerprint density at radius 2 is 2.13 bits per heavy atom. The molecule has 0 radical (unpaired) electrons. The number of hydrogen-bond acceptors (Lipinski definition) is 3. The van der Waals surface area contributed by atoms with Crippen LogP contribution < -0.4 is 10.1 Å². The first-order valence-electron chi connectivity index (χ1n) is 8.11. The number of carbonyl (C=O) groups is 1. The summed E-state index contributed by atoms with van der Waals surface area (Å²) in [4.78, 5) is 14.3. The molecule has 128 valence electrons. The van der Waals surface area contributed by atoms with Crippen molar-refractivity contribution >= 4 is 6.03 Å². The van der Waals surface area contributed by atoms with E-state index in [1.165, 1.54) is 5.56 Å². The van der Waals surface area contributed by atoms with Crippen molar-refractivity contribution < 1.29 is 14.3 Å². The fraction of sp³-hybridized carbons (Fsp3) is 0.611. The van der Waals surface area contributed by atoms with Crippen LogP contribution in [-0.4, -0.2) is 43.3 Å². The number of amides is 2. The zero-order chi connectivity index (χ0) is 17.0. The predicted octanol–water partition coefficient (Wildman–Crippen LogP) is 2.97. The molecular weight excluding hydrogens is 292 g/mol. The SMILES string of the molecule is COc1cccc2c1CCN(C(=O)NC(C)CC(C)(C)OC)C2. The van der Waals surface area contributed by atoms with E-state index in [1.807, 2.05) is 37.8 Å². The summed E-state index contributed by atoms with van der Waals surface area (Å²) in [6, 6.07) is 6.06. The fourth-order valence-corrected chi connectivity index (χ4v) is 3.11. The zero-order valence-corrected chi connectivity index (χ0v) is 14.8. The van der Waals surface area contributed by atoms with E-state index in [2.05, 4.69) is 11.4 Å². The standard InChI is InChI=1S/C18H28N2O3/c1-13(11-18(2,3)23-5)19-17(21)20-10-9-15-14(12-20)7-6-8-16(15)22-4/h6-8,13H,9-12H2,1-5H3,(H,19,21). The summed E-state index contributed by atoms with van der Waals surface area (Å²) in [7, 11) is 3.39. The lowest BCUT2D eigenvalue weighted by Crippen LogP contribution is -2.47. The molecule has 2 amide bonds. The van der Waals surface area contributed by atoms with Crippen molar-refractivity contribution in [1.82, 2.24) is 10.2 Å². The van der Waals surface area contributed by atoms with E-state index >= 15 is 0 Å². The molecule has 0 fully saturated rings. The van der Waals surface area contributed by atoms with E-state index < -0.39 is 0 Å². The maximum Gasteiger partial charge on any atom is 0.317 e. The molecule has 1 unspecified atom stereocenters. The van der Waals surface area contributed by atoms with Gasteiger partial charge in [0.15, 0.2) is 0 Å². The minimum atomic E-state index is -0.242. The average molecular weight is 320 g/mol. The third-order valence-electron chi connectivity index (χ3n) is 4.45. The van der Waals surface area contributed by atoms with Crippen molar-refractivity contribution in [3.05, 3.63) is 29.3 Å². The lowest BCUT2D eigenvalue weighted by molar-refractivity contribution is 0.00910. The first-order chi connectivity index (χ1) is 10.9. The Balaban J connectivity index is 1.97. The number of carbonyl (C=O) groups excluding carboxylic acids is 1. The minimum absolute atomic E-state index is 0.0159. The number of rotatable bonds is 5. The van der Waals surface area contributed by atoms with Crippen LogP contribution >= 0.6 is 0 Å². The normalized spacial score (nSPS) is 15.8. The quantitative estimate of drug-likeness (QED) is 0.907. The van der Waals surface area contributed by atoms with E-state index in [0.717, 1.165) is 24.2 Å². The molecule has 0 bridgehead atoms. The minimum Gasteiger partial charge on any atom is -0.496 e. The molecule has 23 heavy (non-hydrogen) atoms. The molecular formula is C18H28N2O3. The largest absolute Gasteiger partial charge is 0.496 e. The van der Waals surface area contributed by atoms with Crippen molar-refractivity contribution in [2.45, 2.75) is 51.8 Å². The van der Waals surface area contributed by atoms with Gasteiger partial charge in [0, 0.05) is 31.8 Å². The molecule has 1 aliphatic heterocycles. The fourth-order valence-electron chi connectivity index (χ4n) is 3.11. The summed E-state index contributed by atoms with van der Waals surface area (Å²) < 4.78 is 10.8. The van der Waals surface area contributed by atoms with Crippen LogP contribution in [0.15, 0.2) is 18.2 Å². The van der Waals surface area contributed by atoms with E-state index in [-0.39, 0.29) is 17.7 Å². The smallest absolute Gasteiger partial charge is 0.317 e. The molecule has 0 spiro atoms. The molecule has 5 nitrogen and oxygen atoms in total. The van der Waals surface area contributed by atoms with Crippen LogP contribution in [-0.2, 0) is 17.7 Å². The van der Waals surface area contributed by atoms with Crippen LogP contribution in [0.3, 0.4) is 0 Å². The van der Waals surface area contributed by atoms with Gasteiger partial charge in [0.05, 0.1) is 12.7 Å². The maximum atomic E-state index is 12.5. The number of nitrogens with zero attached hydrogens (tertiary/aromatic N) is 1. The summed E-state index contributed by atoms with van der Waals surface area (Å²) in [6.45, 7) is 7.40. The lowest BCUT2D eigenvalue weighted by atomic mass is 9.98. The Kier molecular flexibility index (Phi) is 5.52. The van der Waals surface area contributed by atoms with Gasteiger partial charge in [-0.15, -0.1) is 0 Å². The summed E-state index contributed by atoms with van der Waals surface area (Å²) in [5, 5.41) is 3.08. The highest BCUT2D eigenvalue weighted by atomic mass is 16.5. The van der Waals surface area contributed by atoms with Gasteiger partial charge in [-0.3, -0.25) is 0 Å². The first kappa shape index (κ1) is 17.6. The van der Waals surface area contributed by atoms with Gasteiger partial charge in [0.1, 0.15) is 5.75 Å². The van der Waals surface area contributed by atoms with Crippen molar-refractivity contribution in [1.29, 1.82) is 0 Å². The van der Waals surface area contributed by atoms with Gasteiger partial charge in [-0.25, -0.2) is 4.79 Å². The molecule has 1 aromatic rings. The molecule has 1 N–H and O–H groups in total. The number of ether oxygens (including phenoxy) is 2. The number of fused-ring (bicyclic) bond motifs is 1. The van der Waals surface area contributed by atoms with Crippen LogP contribution in [0.4, 0.5) is 4.79 Å². The topological polar surface area (TPSA) is 50.8 Å². The lowest BCUT2D eigenvalue weighted by Gasteiger charge is -2.32. The number of urea groups is 1. The number of hydrogen-bond donors (Lipinski definition) is 1. The third-order valence-corrected chi connectivity index (χ3v) is 4.45. The molecule has 0 aliphatic carbocycles. The monoisotopic (exact) mass is 320 g/mol. The summed E-state index contributed by atoms with van der Waals surface area (Å²) in [5.41, 5.74) is 2.14. The highest BCUT2D eigenvalue weighted by molar-refractivity contribution is 5.75. The van der Waals surface area contributed by atoms with Gasteiger partial charge in [0.25, 0.3) is 0 Å². The predicted molar refractivity (Wildman–Crippen MR) is 90.8 cm³/mol. The molecule has 1 aromatic carbocycles. The number of benzene rings is 1. The summed E-state index contributed by atoms with van der Waals surface area (Å²) in [6.07, 6.45) is 1.60. The molecule has 1 heterocycles. The molecule has 1 atom stereocenters. The van der Waals surface area contributed by atoms with Gasteiger partial charge in [0.2, 0.25) is 0 Å². The third kappa shape index (κ3) is 4.38. The maximum absolute atomic E-state index is 12.5. The summed E-state index contributed by atoms with van der Waals surface area (Å²) >= 11 is 0. The Bertz CT molecular complexity index is 557. The highest BCUT2D eigenvalue weighted by Crippen LogP contribution is 2.27. The first-order valence-corrected chi connectivity index (χ1v) is 8.11. The second-order valence-corrected chi connectivity index (χ2v) is 6.79. The van der Waals surface area contributed by atoms with Crippen LogP contribution in [0.2, 0.25) is 0 Å². The molecule has 5 heteroatoms. The van der Waals surface area contributed by atoms with Crippen LogP contribution in [0.5, 0.6) is 5.75 Å². The van der Waals surface area contributed by atoms with Gasteiger partial charge in [-0.1, -0.05) is 12.1 Å². The van der Waals surface area contributed by atoms with Gasteiger partial charge in [-0.05, 0) is 45.2 Å². The van der Waals surface area contributed by atoms with E-state index in [1.54, 1.807) is 14.2 Å². The van der Waals surface area contributed by atoms with E-state index in [0.29, 0.717) is 13.1 Å². The van der Waals surface area contributed by atoms with Crippen molar-refractivity contribution in [2.75, 3.05) is 20.8 Å². The van der Waals surface area contributed by atoms with Crippen LogP contribution in [0, 0.1) is 0 Å². The van der Waals surface area contributed by atoms with E-state index in [9.17, 15) is 4.79 Å². The highest BCUT2D eigenvalue weighted by Gasteiger charge is 2.26. The molecule has 0 saturated heterocycles. The number of methoxy groups -OCH3 is 2. The van der Waals surface area contributed by atoms with Crippen molar-refractivity contribution in [2.24, 2.45) is 0 Å². The molecule has 0 saturated carbocycles. The van der Waals surface area contributed by atoms with Crippen LogP contribution in [0.1, 0.15) is 38.3 Å². The molecule has 1 aliphatic rings. The Morgan fingerprint density at radius 3 is 2.78 bits per heavy atom. The van der Waals surface area contributed by atoms with Gasteiger partial charge < -0.3 is 19.7 Å². The zero-order valence-electron chi connectivity index (χ0n) is 14.8. The second kappa shape index (κ2) is 7.21. The van der Waals surface area contributed by atoms with Gasteiger partial charge >= 0.3 is 6.03 Å². The molecule has 0 aromatic heterocycles.